The summed E-state index contributed by atoms with van der Waals surface area (Å²) in [7, 11) is 0. The van der Waals surface area contributed by atoms with Gasteiger partial charge in [-0.15, -0.1) is 0 Å². The first-order valence-corrected chi connectivity index (χ1v) is 6.04. The second kappa shape index (κ2) is 6.70. The predicted molar refractivity (Wildman–Crippen MR) is 70.2 cm³/mol. The van der Waals surface area contributed by atoms with Gasteiger partial charge in [-0.3, -0.25) is 0 Å². The molecular formula is C14H15O6. The number of aromatic carboxylic acids is 3. The largest absolute Gasteiger partial charge is 0.478 e. The molecule has 3 N–H and O–H groups in total. The zero-order valence-electron chi connectivity index (χ0n) is 10.8. The summed E-state index contributed by atoms with van der Waals surface area (Å²) in [6, 6.07) is 1.99. The van der Waals surface area contributed by atoms with Crippen molar-refractivity contribution in [2.45, 2.75) is 25.7 Å². The second-order valence-corrected chi connectivity index (χ2v) is 4.28. The van der Waals surface area contributed by atoms with Crippen molar-refractivity contribution >= 4 is 17.9 Å². The smallest absolute Gasteiger partial charge is 0.336 e. The van der Waals surface area contributed by atoms with Gasteiger partial charge in [-0.05, 0) is 30.5 Å². The quantitative estimate of drug-likeness (QED) is 0.660. The van der Waals surface area contributed by atoms with Crippen LogP contribution < -0.4 is 0 Å². The monoisotopic (exact) mass is 279 g/mol. The summed E-state index contributed by atoms with van der Waals surface area (Å²) in [4.78, 5) is 33.3. The van der Waals surface area contributed by atoms with Crippen LogP contribution in [0.25, 0.3) is 0 Å². The van der Waals surface area contributed by atoms with Gasteiger partial charge in [0.25, 0.3) is 0 Å². The van der Waals surface area contributed by atoms with Crippen molar-refractivity contribution in [3.63, 3.8) is 0 Å². The molecule has 0 bridgehead atoms. The third-order valence-corrected chi connectivity index (χ3v) is 2.88. The number of carbonyl (C=O) groups is 3. The first-order valence-electron chi connectivity index (χ1n) is 6.04. The maximum Gasteiger partial charge on any atom is 0.336 e. The van der Waals surface area contributed by atoms with Crippen molar-refractivity contribution in [3.8, 4) is 0 Å². The van der Waals surface area contributed by atoms with Crippen LogP contribution in [0.15, 0.2) is 12.1 Å². The molecule has 0 heterocycles. The molecule has 1 aromatic carbocycles. The van der Waals surface area contributed by atoms with Crippen LogP contribution in [-0.2, 0) is 6.42 Å². The van der Waals surface area contributed by atoms with Gasteiger partial charge < -0.3 is 15.3 Å². The van der Waals surface area contributed by atoms with Crippen LogP contribution in [0.1, 0.15) is 55.9 Å². The summed E-state index contributed by atoms with van der Waals surface area (Å²) in [6.45, 7) is 3.66. The van der Waals surface area contributed by atoms with E-state index in [2.05, 4.69) is 6.92 Å². The molecule has 0 unspecified atom stereocenters. The molecule has 107 valence electrons. The van der Waals surface area contributed by atoms with Gasteiger partial charge in [0.15, 0.2) is 0 Å². The molecule has 6 nitrogen and oxygen atoms in total. The van der Waals surface area contributed by atoms with Crippen molar-refractivity contribution in [1.82, 2.24) is 0 Å². The fourth-order valence-corrected chi connectivity index (χ4v) is 1.92. The lowest BCUT2D eigenvalue weighted by molar-refractivity contribution is 0.0694. The lowest BCUT2D eigenvalue weighted by Gasteiger charge is -2.11. The van der Waals surface area contributed by atoms with Crippen molar-refractivity contribution in [1.29, 1.82) is 0 Å². The number of benzene rings is 1. The Labute approximate surface area is 115 Å². The highest BCUT2D eigenvalue weighted by atomic mass is 16.4. The average molecular weight is 279 g/mol. The van der Waals surface area contributed by atoms with E-state index in [1.807, 2.05) is 0 Å². The Morgan fingerprint density at radius 3 is 1.75 bits per heavy atom. The third-order valence-electron chi connectivity index (χ3n) is 2.88. The fourth-order valence-electron chi connectivity index (χ4n) is 1.92. The van der Waals surface area contributed by atoms with Crippen LogP contribution in [0.4, 0.5) is 0 Å². The average Bonchev–Trinajstić information content (AvgIpc) is 2.37. The van der Waals surface area contributed by atoms with Crippen molar-refractivity contribution in [2.75, 3.05) is 0 Å². The van der Waals surface area contributed by atoms with Gasteiger partial charge >= 0.3 is 17.9 Å². The van der Waals surface area contributed by atoms with Gasteiger partial charge in [0, 0.05) is 0 Å². The standard InChI is InChI=1S/C14H15O6/c1-2-3-4-5-9-10(13(17)18)6-8(12(15)16)7-11(9)14(19)20/h6-7H,1-5H2,(H,15,16)(H,17,18)(H,19,20). The van der Waals surface area contributed by atoms with E-state index in [4.69, 9.17) is 15.3 Å². The molecule has 0 aliphatic rings. The third kappa shape index (κ3) is 3.57. The highest BCUT2D eigenvalue weighted by molar-refractivity contribution is 6.01. The molecule has 0 saturated carbocycles. The van der Waals surface area contributed by atoms with Crippen LogP contribution in [0.2, 0.25) is 0 Å². The molecule has 1 rings (SSSR count). The summed E-state index contributed by atoms with van der Waals surface area (Å²) >= 11 is 0. The Bertz CT molecular complexity index is 512. The van der Waals surface area contributed by atoms with Gasteiger partial charge in [-0.2, -0.15) is 0 Å². The van der Waals surface area contributed by atoms with Gasteiger partial charge in [-0.1, -0.05) is 19.8 Å². The Morgan fingerprint density at radius 1 is 0.900 bits per heavy atom. The second-order valence-electron chi connectivity index (χ2n) is 4.28. The number of unbranched alkanes of at least 4 members (excludes halogenated alkanes) is 2. The Kier molecular flexibility index (Phi) is 5.25. The molecule has 0 aliphatic carbocycles. The van der Waals surface area contributed by atoms with E-state index in [0.29, 0.717) is 12.8 Å². The fraction of sp³-hybridized carbons (Fsp3) is 0.286. The molecule has 1 radical (unpaired) electrons. The topological polar surface area (TPSA) is 112 Å². The molecule has 0 saturated heterocycles. The normalized spacial score (nSPS) is 10.2. The maximum atomic E-state index is 11.2. The molecular weight excluding hydrogens is 264 g/mol. The molecule has 1 aromatic rings. The van der Waals surface area contributed by atoms with Gasteiger partial charge in [0.1, 0.15) is 0 Å². The molecule has 0 aromatic heterocycles. The Hall–Kier alpha value is -2.37. The van der Waals surface area contributed by atoms with Gasteiger partial charge in [0.2, 0.25) is 0 Å². The van der Waals surface area contributed by atoms with E-state index in [1.54, 1.807) is 0 Å². The maximum absolute atomic E-state index is 11.2. The summed E-state index contributed by atoms with van der Waals surface area (Å²) in [5, 5.41) is 27.2. The number of hydrogen-bond acceptors (Lipinski definition) is 3. The Balaban J connectivity index is 3.39. The van der Waals surface area contributed by atoms with E-state index in [-0.39, 0.29) is 28.7 Å². The summed E-state index contributed by atoms with van der Waals surface area (Å²) in [5.41, 5.74) is -0.734. The van der Waals surface area contributed by atoms with E-state index in [1.165, 1.54) is 0 Å². The van der Waals surface area contributed by atoms with Crippen LogP contribution in [0, 0.1) is 6.92 Å². The van der Waals surface area contributed by atoms with E-state index < -0.39 is 17.9 Å². The van der Waals surface area contributed by atoms with Crippen LogP contribution in [-0.4, -0.2) is 33.2 Å². The van der Waals surface area contributed by atoms with Gasteiger partial charge in [0.05, 0.1) is 16.7 Å². The SMILES string of the molecule is [CH2]CCCCc1c(C(=O)O)cc(C(=O)O)cc1C(=O)O. The molecule has 0 amide bonds. The minimum atomic E-state index is -1.36. The van der Waals surface area contributed by atoms with E-state index in [0.717, 1.165) is 18.6 Å². The van der Waals surface area contributed by atoms with E-state index in [9.17, 15) is 14.4 Å². The summed E-state index contributed by atoms with van der Waals surface area (Å²) < 4.78 is 0. The summed E-state index contributed by atoms with van der Waals surface area (Å²) in [6.07, 6.45) is 2.26. The van der Waals surface area contributed by atoms with Crippen molar-refractivity contribution in [2.24, 2.45) is 0 Å². The molecule has 0 spiro atoms. The first-order chi connectivity index (χ1) is 9.38. The highest BCUT2D eigenvalue weighted by Gasteiger charge is 2.21. The van der Waals surface area contributed by atoms with Crippen LogP contribution in [0.5, 0.6) is 0 Å². The molecule has 0 atom stereocenters. The lowest BCUT2D eigenvalue weighted by atomic mass is 9.93. The minimum Gasteiger partial charge on any atom is -0.478 e. The number of hydrogen-bond donors (Lipinski definition) is 3. The zero-order valence-corrected chi connectivity index (χ0v) is 10.8. The van der Waals surface area contributed by atoms with E-state index >= 15 is 0 Å². The number of carboxylic acids is 3. The molecule has 0 aliphatic heterocycles. The molecule has 0 fully saturated rings. The van der Waals surface area contributed by atoms with Crippen LogP contribution in [0.3, 0.4) is 0 Å². The predicted octanol–water partition coefficient (Wildman–Crippen LogP) is 2.33. The summed E-state index contributed by atoms with van der Waals surface area (Å²) in [5.74, 6) is -4.03. The number of rotatable bonds is 7. The van der Waals surface area contributed by atoms with Crippen molar-refractivity contribution in [3.05, 3.63) is 41.3 Å². The Morgan fingerprint density at radius 2 is 1.40 bits per heavy atom. The minimum absolute atomic E-state index is 0.156. The van der Waals surface area contributed by atoms with Crippen molar-refractivity contribution < 1.29 is 29.7 Å². The lowest BCUT2D eigenvalue weighted by Crippen LogP contribution is -2.13. The first kappa shape index (κ1) is 15.7. The zero-order chi connectivity index (χ0) is 15.3. The highest BCUT2D eigenvalue weighted by Crippen LogP contribution is 2.21. The van der Waals surface area contributed by atoms with Gasteiger partial charge in [-0.25, -0.2) is 14.4 Å². The molecule has 20 heavy (non-hydrogen) atoms. The number of carboxylic acid groups (broad SMARTS) is 3. The van der Waals surface area contributed by atoms with Crippen LogP contribution >= 0.6 is 0 Å². The molecule has 6 heteroatoms.